The lowest BCUT2D eigenvalue weighted by molar-refractivity contribution is -0.370. The molecule has 3 aliphatic carbocycles. The summed E-state index contributed by atoms with van der Waals surface area (Å²) in [7, 11) is 0. The van der Waals surface area contributed by atoms with Crippen molar-refractivity contribution in [2.45, 2.75) is 109 Å². The number of fused-ring (bicyclic) bond motifs is 1. The summed E-state index contributed by atoms with van der Waals surface area (Å²) in [6, 6.07) is 0. The summed E-state index contributed by atoms with van der Waals surface area (Å²) in [6.07, 6.45) is -1.89. The number of hydrogen-bond donors (Lipinski definition) is 2. The zero-order chi connectivity index (χ0) is 26.2. The standard InChI is InChI=1S/C27H38F6O2/c1-17(7-5-16-25(35,26(28,29)30)27(31,32)33)21-13-14-22-20(9-6-15-24(21,22)3)12-11-19-8-4-10-23(34)18(19)2/h11-12,17,21-23,34-35H,2,4-10,13-16H2,1,3H3/t17-,21-,22+,23?,24-/m1/s1. The molecular weight excluding hydrogens is 470 g/mol. The van der Waals surface area contributed by atoms with E-state index in [1.54, 1.807) is 0 Å². The lowest BCUT2D eigenvalue weighted by Gasteiger charge is -2.44. The molecule has 3 fully saturated rings. The number of allylic oxidation sites excluding steroid dienone is 3. The highest BCUT2D eigenvalue weighted by atomic mass is 19.4. The molecule has 3 rings (SSSR count). The third kappa shape index (κ3) is 5.53. The molecule has 0 saturated heterocycles. The molecule has 1 unspecified atom stereocenters. The Bertz CT molecular complexity index is 826. The predicted molar refractivity (Wildman–Crippen MR) is 123 cm³/mol. The Morgan fingerprint density at radius 3 is 2.31 bits per heavy atom. The summed E-state index contributed by atoms with van der Waals surface area (Å²) in [5.41, 5.74) is -1.50. The van der Waals surface area contributed by atoms with Gasteiger partial charge in [0.15, 0.2) is 0 Å². The van der Waals surface area contributed by atoms with Crippen molar-refractivity contribution in [2.24, 2.45) is 23.2 Å². The van der Waals surface area contributed by atoms with Crippen LogP contribution in [-0.4, -0.2) is 34.3 Å². The molecule has 200 valence electrons. The van der Waals surface area contributed by atoms with Crippen LogP contribution in [0.1, 0.15) is 84.5 Å². The number of aliphatic hydroxyl groups excluding tert-OH is 1. The van der Waals surface area contributed by atoms with Crippen LogP contribution in [-0.2, 0) is 0 Å². The smallest absolute Gasteiger partial charge is 0.388 e. The third-order valence-electron chi connectivity index (χ3n) is 9.10. The molecule has 8 heteroatoms. The van der Waals surface area contributed by atoms with Crippen molar-refractivity contribution in [2.75, 3.05) is 0 Å². The van der Waals surface area contributed by atoms with E-state index in [-0.39, 0.29) is 30.1 Å². The number of hydrogen-bond acceptors (Lipinski definition) is 2. The number of alkyl halides is 6. The van der Waals surface area contributed by atoms with Crippen molar-refractivity contribution in [3.05, 3.63) is 35.5 Å². The zero-order valence-corrected chi connectivity index (χ0v) is 20.6. The first kappa shape index (κ1) is 28.3. The largest absolute Gasteiger partial charge is 0.426 e. The van der Waals surface area contributed by atoms with Crippen molar-refractivity contribution in [3.63, 3.8) is 0 Å². The maximum atomic E-state index is 13.0. The molecule has 2 N–H and O–H groups in total. The SMILES string of the molecule is C=C1C(=CC=C2CCC[C@]3(C)[C@@H]([C@H](C)CCCC(O)(C(F)(F)F)C(F)(F)F)CC[C@@H]23)CCCC1O. The van der Waals surface area contributed by atoms with Gasteiger partial charge in [0.05, 0.1) is 6.10 Å². The van der Waals surface area contributed by atoms with Gasteiger partial charge in [-0.25, -0.2) is 0 Å². The van der Waals surface area contributed by atoms with E-state index < -0.39 is 30.5 Å². The van der Waals surface area contributed by atoms with Gasteiger partial charge in [-0.2, -0.15) is 26.3 Å². The van der Waals surface area contributed by atoms with E-state index >= 15 is 0 Å². The highest BCUT2D eigenvalue weighted by molar-refractivity contribution is 5.37. The van der Waals surface area contributed by atoms with Gasteiger partial charge in [-0.05, 0) is 98.5 Å². The van der Waals surface area contributed by atoms with E-state index in [1.807, 2.05) is 6.92 Å². The highest BCUT2D eigenvalue weighted by Gasteiger charge is 2.69. The monoisotopic (exact) mass is 508 g/mol. The van der Waals surface area contributed by atoms with Crippen LogP contribution in [0.4, 0.5) is 26.3 Å². The van der Waals surface area contributed by atoms with Crippen LogP contribution in [0.5, 0.6) is 0 Å². The fourth-order valence-corrected chi connectivity index (χ4v) is 6.97. The van der Waals surface area contributed by atoms with Gasteiger partial charge < -0.3 is 10.2 Å². The quantitative estimate of drug-likeness (QED) is 0.359. The summed E-state index contributed by atoms with van der Waals surface area (Å²) in [5, 5.41) is 19.5. The minimum absolute atomic E-state index is 0.0401. The Balaban J connectivity index is 1.68. The van der Waals surface area contributed by atoms with Gasteiger partial charge in [0.2, 0.25) is 0 Å². The van der Waals surface area contributed by atoms with Crippen LogP contribution in [0.25, 0.3) is 0 Å². The Morgan fingerprint density at radius 2 is 1.69 bits per heavy atom. The average molecular weight is 509 g/mol. The van der Waals surface area contributed by atoms with Crippen molar-refractivity contribution in [1.29, 1.82) is 0 Å². The molecule has 3 saturated carbocycles. The van der Waals surface area contributed by atoms with E-state index in [2.05, 4.69) is 25.7 Å². The molecule has 0 heterocycles. The maximum absolute atomic E-state index is 13.0. The van der Waals surface area contributed by atoms with Gasteiger partial charge in [-0.3, -0.25) is 0 Å². The number of halogens is 6. The summed E-state index contributed by atoms with van der Waals surface area (Å²) in [5.74, 6) is 0.506. The minimum Gasteiger partial charge on any atom is -0.388 e. The summed E-state index contributed by atoms with van der Waals surface area (Å²) >= 11 is 0. The number of rotatable bonds is 6. The van der Waals surface area contributed by atoms with Crippen molar-refractivity contribution >= 4 is 0 Å². The Hall–Kier alpha value is -1.28. The van der Waals surface area contributed by atoms with Gasteiger partial charge in [-0.1, -0.05) is 44.6 Å². The molecule has 0 aromatic rings. The molecule has 35 heavy (non-hydrogen) atoms. The molecule has 0 bridgehead atoms. The molecule has 0 aliphatic heterocycles. The van der Waals surface area contributed by atoms with Crippen molar-refractivity contribution < 1.29 is 36.6 Å². The van der Waals surface area contributed by atoms with E-state index in [0.717, 1.165) is 62.5 Å². The lowest BCUT2D eigenvalue weighted by atomic mass is 9.60. The zero-order valence-electron chi connectivity index (χ0n) is 20.6. The normalized spacial score (nSPS) is 33.9. The summed E-state index contributed by atoms with van der Waals surface area (Å²) in [6.45, 7) is 8.17. The molecule has 0 aromatic carbocycles. The molecular formula is C27H38F6O2. The van der Waals surface area contributed by atoms with Gasteiger partial charge in [0.1, 0.15) is 0 Å². The topological polar surface area (TPSA) is 40.5 Å². The predicted octanol–water partition coefficient (Wildman–Crippen LogP) is 7.82. The second kappa shape index (κ2) is 10.2. The lowest BCUT2D eigenvalue weighted by Crippen LogP contribution is -2.56. The van der Waals surface area contributed by atoms with Crippen molar-refractivity contribution in [3.8, 4) is 0 Å². The molecule has 0 spiro atoms. The fraction of sp³-hybridized carbons (Fsp3) is 0.778. The molecule has 0 amide bonds. The van der Waals surface area contributed by atoms with Crippen LogP contribution < -0.4 is 0 Å². The first-order chi connectivity index (χ1) is 16.1. The number of aliphatic hydroxyl groups is 2. The molecule has 0 radical (unpaired) electrons. The second-order valence-electron chi connectivity index (χ2n) is 11.2. The summed E-state index contributed by atoms with van der Waals surface area (Å²) in [4.78, 5) is 0. The Morgan fingerprint density at radius 1 is 1.03 bits per heavy atom. The summed E-state index contributed by atoms with van der Waals surface area (Å²) < 4.78 is 78.0. The molecule has 5 atom stereocenters. The first-order valence-electron chi connectivity index (χ1n) is 12.7. The van der Waals surface area contributed by atoms with Crippen molar-refractivity contribution in [1.82, 2.24) is 0 Å². The van der Waals surface area contributed by atoms with Crippen LogP contribution in [0.3, 0.4) is 0 Å². The maximum Gasteiger partial charge on any atom is 0.426 e. The highest BCUT2D eigenvalue weighted by Crippen LogP contribution is 2.60. The van der Waals surface area contributed by atoms with E-state index in [9.17, 15) is 36.6 Å². The minimum atomic E-state index is -5.75. The fourth-order valence-electron chi connectivity index (χ4n) is 6.97. The first-order valence-corrected chi connectivity index (χ1v) is 12.7. The van der Waals surface area contributed by atoms with Crippen LogP contribution in [0.2, 0.25) is 0 Å². The van der Waals surface area contributed by atoms with Gasteiger partial charge in [0.25, 0.3) is 5.60 Å². The van der Waals surface area contributed by atoms with E-state index in [4.69, 9.17) is 0 Å². The van der Waals surface area contributed by atoms with Gasteiger partial charge in [0, 0.05) is 0 Å². The second-order valence-corrected chi connectivity index (χ2v) is 11.2. The van der Waals surface area contributed by atoms with Gasteiger partial charge >= 0.3 is 12.4 Å². The van der Waals surface area contributed by atoms with Crippen LogP contribution >= 0.6 is 0 Å². The molecule has 3 aliphatic rings. The Labute approximate surface area is 204 Å². The van der Waals surface area contributed by atoms with E-state index in [1.165, 1.54) is 5.57 Å². The van der Waals surface area contributed by atoms with Gasteiger partial charge in [-0.15, -0.1) is 0 Å². The van der Waals surface area contributed by atoms with Crippen LogP contribution in [0, 0.1) is 23.2 Å². The Kier molecular flexibility index (Phi) is 8.27. The van der Waals surface area contributed by atoms with E-state index in [0.29, 0.717) is 5.92 Å². The third-order valence-corrected chi connectivity index (χ3v) is 9.10. The molecule has 0 aromatic heterocycles. The average Bonchev–Trinajstić information content (AvgIpc) is 3.10. The molecule has 2 nitrogen and oxygen atoms in total. The van der Waals surface area contributed by atoms with Crippen LogP contribution in [0.15, 0.2) is 35.5 Å².